The highest BCUT2D eigenvalue weighted by atomic mass is 31.2. The molecule has 0 N–H and O–H groups in total. The molecule has 0 amide bonds. The van der Waals surface area contributed by atoms with Crippen molar-refractivity contribution in [3.8, 4) is 0 Å². The van der Waals surface area contributed by atoms with Crippen LogP contribution in [-0.2, 0) is 13.6 Å². The Kier molecular flexibility index (Phi) is 10.9. The van der Waals surface area contributed by atoms with Gasteiger partial charge in [-0.15, -0.1) is 0 Å². The van der Waals surface area contributed by atoms with Crippen LogP contribution in [0.4, 0.5) is 5.69 Å². The smallest absolute Gasteiger partial charge is 0.345 e. The molecule has 0 aliphatic heterocycles. The van der Waals surface area contributed by atoms with Crippen molar-refractivity contribution in [3.63, 3.8) is 0 Å². The van der Waals surface area contributed by atoms with E-state index in [0.717, 1.165) is 44.2 Å². The van der Waals surface area contributed by atoms with Gasteiger partial charge in [0, 0.05) is 24.7 Å². The Morgan fingerprint density at radius 3 is 1.71 bits per heavy atom. The molecule has 2 fully saturated rings. The number of anilines is 1. The van der Waals surface area contributed by atoms with E-state index in [4.69, 9.17) is 9.05 Å². The first-order chi connectivity index (χ1) is 17.8. The maximum Gasteiger partial charge on any atom is 0.345 e. The van der Waals surface area contributed by atoms with Crippen LogP contribution < -0.4 is 4.90 Å². The van der Waals surface area contributed by atoms with E-state index in [1.807, 2.05) is 43.3 Å². The molecule has 2 aliphatic carbocycles. The number of rotatable bonds is 11. The molecule has 3 rings (SSSR count). The molecule has 8 atom stereocenters. The summed E-state index contributed by atoms with van der Waals surface area (Å²) < 4.78 is 28.6. The lowest BCUT2D eigenvalue weighted by Gasteiger charge is -2.43. The summed E-state index contributed by atoms with van der Waals surface area (Å²) in [5.74, 6) is 2.15. The molecule has 7 nitrogen and oxygen atoms in total. The minimum absolute atomic E-state index is 0.238. The van der Waals surface area contributed by atoms with E-state index in [1.165, 1.54) is 0 Å². The Balaban J connectivity index is 2.07. The van der Waals surface area contributed by atoms with Gasteiger partial charge in [-0.1, -0.05) is 66.5 Å². The summed E-state index contributed by atoms with van der Waals surface area (Å²) in [7, 11) is -0.0403. The van der Waals surface area contributed by atoms with Crippen molar-refractivity contribution < 1.29 is 18.5 Å². The maximum absolute atomic E-state index is 15.2. The summed E-state index contributed by atoms with van der Waals surface area (Å²) in [5, 5.41) is 12.0. The number of nitro groups is 1. The lowest BCUT2D eigenvalue weighted by atomic mass is 9.75. The Morgan fingerprint density at radius 2 is 1.34 bits per heavy atom. The summed E-state index contributed by atoms with van der Waals surface area (Å²) in [5.41, 5.74) is 0.668. The van der Waals surface area contributed by atoms with Crippen molar-refractivity contribution in [2.75, 3.05) is 25.5 Å². The molecule has 1 unspecified atom stereocenters. The minimum Gasteiger partial charge on any atom is -0.378 e. The second kappa shape index (κ2) is 13.3. The highest BCUT2D eigenvalue weighted by molar-refractivity contribution is 7.54. The topological polar surface area (TPSA) is 81.9 Å². The fourth-order valence-corrected chi connectivity index (χ4v) is 9.00. The molecule has 216 valence electrons. The van der Waals surface area contributed by atoms with Crippen molar-refractivity contribution in [1.82, 2.24) is 0 Å². The fourth-order valence-electron chi connectivity index (χ4n) is 6.54. The second-order valence-corrected chi connectivity index (χ2v) is 15.1. The molecule has 0 heterocycles. The zero-order chi connectivity index (χ0) is 28.2. The van der Waals surface area contributed by atoms with Gasteiger partial charge in [0.25, 0.3) is 0 Å². The summed E-state index contributed by atoms with van der Waals surface area (Å²) in [6, 6.07) is 7.56. The molecule has 2 saturated carbocycles. The zero-order valence-corrected chi connectivity index (χ0v) is 25.7. The minimum atomic E-state index is -3.94. The van der Waals surface area contributed by atoms with Crippen LogP contribution in [0.15, 0.2) is 24.3 Å². The van der Waals surface area contributed by atoms with Gasteiger partial charge in [0.2, 0.25) is 6.54 Å². The van der Waals surface area contributed by atoms with Crippen molar-refractivity contribution >= 4 is 13.3 Å². The summed E-state index contributed by atoms with van der Waals surface area (Å²) in [6.07, 6.45) is 5.38. The molecule has 0 radical (unpaired) electrons. The normalized spacial score (nSPS) is 30.7. The van der Waals surface area contributed by atoms with Gasteiger partial charge in [0.1, 0.15) is 0 Å². The van der Waals surface area contributed by atoms with Crippen LogP contribution in [0, 0.1) is 45.6 Å². The molecule has 0 bridgehead atoms. The fraction of sp³-hybridized carbons (Fsp3) is 0.800. The second-order valence-electron chi connectivity index (χ2n) is 13.0. The number of nitrogens with zero attached hydrogens (tertiary/aromatic N) is 2. The molecule has 0 spiro atoms. The number of hydrogen-bond acceptors (Lipinski definition) is 6. The first-order valence-electron chi connectivity index (χ1n) is 14.7. The average molecular weight is 551 g/mol. The standard InChI is InChI=1S/C30H51N2O5P/c1-20(2)26-15-9-22(5)17-28(26)36-38(35,37-29-18-23(6)10-16-27(29)21(3)4)30(19-32(33)34)24-11-13-25(14-12-24)31(7)8/h11-14,20-23,26-30H,9-10,15-19H2,1-8H3/t22-,23-,26-,27+,28-,29-,30-,38?/m1/s1. The summed E-state index contributed by atoms with van der Waals surface area (Å²) in [4.78, 5) is 13.6. The molecule has 2 aliphatic rings. The maximum atomic E-state index is 15.2. The van der Waals surface area contributed by atoms with Crippen molar-refractivity contribution in [3.05, 3.63) is 39.9 Å². The van der Waals surface area contributed by atoms with Gasteiger partial charge in [-0.25, -0.2) is 0 Å². The summed E-state index contributed by atoms with van der Waals surface area (Å²) in [6.45, 7) is 12.7. The third-order valence-electron chi connectivity index (χ3n) is 8.99. The average Bonchev–Trinajstić information content (AvgIpc) is 2.82. The van der Waals surface area contributed by atoms with Crippen LogP contribution >= 0.6 is 7.60 Å². The van der Waals surface area contributed by atoms with Gasteiger partial charge in [0.05, 0.1) is 12.2 Å². The molecular weight excluding hydrogens is 499 g/mol. The summed E-state index contributed by atoms with van der Waals surface area (Å²) >= 11 is 0. The first-order valence-corrected chi connectivity index (χ1v) is 16.3. The predicted molar refractivity (Wildman–Crippen MR) is 155 cm³/mol. The zero-order valence-electron chi connectivity index (χ0n) is 24.8. The number of benzene rings is 1. The van der Waals surface area contributed by atoms with Crippen LogP contribution in [0.5, 0.6) is 0 Å². The SMILES string of the molecule is CC(C)[C@H]1CC[C@@H](C)C[C@H]1OP(=O)(O[C@@H]1C[C@H](C)CC[C@H]1C(C)C)[C@H](C[N+](=O)[O-])c1ccc(N(C)C)cc1. The van der Waals surface area contributed by atoms with E-state index >= 15 is 4.57 Å². The van der Waals surface area contributed by atoms with Crippen LogP contribution in [0.1, 0.15) is 91.3 Å². The molecule has 1 aromatic carbocycles. The van der Waals surface area contributed by atoms with E-state index in [-0.39, 0.29) is 29.0 Å². The van der Waals surface area contributed by atoms with E-state index in [2.05, 4.69) is 41.5 Å². The quantitative estimate of drug-likeness (QED) is 0.157. The Morgan fingerprint density at radius 1 is 0.895 bits per heavy atom. The lowest BCUT2D eigenvalue weighted by molar-refractivity contribution is -0.480. The molecule has 38 heavy (non-hydrogen) atoms. The number of hydrogen-bond donors (Lipinski definition) is 0. The monoisotopic (exact) mass is 550 g/mol. The third kappa shape index (κ3) is 7.82. The predicted octanol–water partition coefficient (Wildman–Crippen LogP) is 8.22. The van der Waals surface area contributed by atoms with Crippen molar-refractivity contribution in [2.45, 2.75) is 97.9 Å². The largest absolute Gasteiger partial charge is 0.378 e. The highest BCUT2D eigenvalue weighted by Crippen LogP contribution is 2.65. The van der Waals surface area contributed by atoms with Crippen LogP contribution in [0.25, 0.3) is 0 Å². The van der Waals surface area contributed by atoms with Gasteiger partial charge >= 0.3 is 7.60 Å². The van der Waals surface area contributed by atoms with Crippen LogP contribution in [0.2, 0.25) is 0 Å². The molecule has 0 aromatic heterocycles. The van der Waals surface area contributed by atoms with Gasteiger partial charge < -0.3 is 13.9 Å². The first kappa shape index (κ1) is 31.1. The van der Waals surface area contributed by atoms with E-state index in [1.54, 1.807) is 0 Å². The molecule has 8 heteroatoms. The molecular formula is C30H51N2O5P. The van der Waals surface area contributed by atoms with E-state index < -0.39 is 19.8 Å². The van der Waals surface area contributed by atoms with Gasteiger partial charge in [-0.05, 0) is 78.9 Å². The Bertz CT molecular complexity index is 912. The van der Waals surface area contributed by atoms with Gasteiger partial charge in [-0.3, -0.25) is 14.7 Å². The Labute approximate surface area is 230 Å². The van der Waals surface area contributed by atoms with E-state index in [9.17, 15) is 10.1 Å². The third-order valence-corrected chi connectivity index (χ3v) is 11.3. The van der Waals surface area contributed by atoms with Crippen molar-refractivity contribution in [2.24, 2.45) is 35.5 Å². The van der Waals surface area contributed by atoms with Crippen LogP contribution in [0.3, 0.4) is 0 Å². The van der Waals surface area contributed by atoms with E-state index in [0.29, 0.717) is 29.2 Å². The van der Waals surface area contributed by atoms with Crippen LogP contribution in [-0.4, -0.2) is 37.8 Å². The lowest BCUT2D eigenvalue weighted by Crippen LogP contribution is -2.37. The Hall–Kier alpha value is -1.43. The van der Waals surface area contributed by atoms with Crippen molar-refractivity contribution in [1.29, 1.82) is 0 Å². The highest BCUT2D eigenvalue weighted by Gasteiger charge is 2.48. The molecule has 0 saturated heterocycles. The van der Waals surface area contributed by atoms with Gasteiger partial charge in [0.15, 0.2) is 5.66 Å². The molecule has 1 aromatic rings. The van der Waals surface area contributed by atoms with Gasteiger partial charge in [-0.2, -0.15) is 0 Å².